The van der Waals surface area contributed by atoms with Crippen LogP contribution in [0.4, 0.5) is 0 Å². The first-order valence-electron chi connectivity index (χ1n) is 9.68. The standard InChI is InChI=1S/C21H38O2/c1-3-4-5-6-7-8-9-10-11-12-13-14-15-16-17-18-19-20-21(22)23-2/h7-8,10-11H,3-6,9,12-20H2,1-2H3/b8-7-,11-10-. The van der Waals surface area contributed by atoms with Gasteiger partial charge in [0.15, 0.2) is 0 Å². The molecular formula is C21H38O2. The minimum absolute atomic E-state index is 0.0763. The molecule has 0 aliphatic heterocycles. The molecule has 0 saturated carbocycles. The maximum absolute atomic E-state index is 10.9. The van der Waals surface area contributed by atoms with E-state index in [1.54, 1.807) is 0 Å². The zero-order valence-corrected chi connectivity index (χ0v) is 15.5. The molecule has 0 fully saturated rings. The van der Waals surface area contributed by atoms with Crippen LogP contribution in [0.1, 0.15) is 96.8 Å². The summed E-state index contributed by atoms with van der Waals surface area (Å²) < 4.78 is 4.63. The van der Waals surface area contributed by atoms with E-state index < -0.39 is 0 Å². The van der Waals surface area contributed by atoms with Gasteiger partial charge in [-0.15, -0.1) is 0 Å². The lowest BCUT2D eigenvalue weighted by Gasteiger charge is -2.01. The van der Waals surface area contributed by atoms with Gasteiger partial charge in [-0.3, -0.25) is 4.79 Å². The van der Waals surface area contributed by atoms with E-state index in [0.29, 0.717) is 6.42 Å². The third-order valence-corrected chi connectivity index (χ3v) is 4.06. The Kier molecular flexibility index (Phi) is 18.1. The van der Waals surface area contributed by atoms with Crippen molar-refractivity contribution in [1.29, 1.82) is 0 Å². The number of hydrogen-bond donors (Lipinski definition) is 0. The number of unbranched alkanes of at least 4 members (excludes halogenated alkanes) is 10. The average Bonchev–Trinajstić information content (AvgIpc) is 2.57. The van der Waals surface area contributed by atoms with E-state index in [1.807, 2.05) is 0 Å². The second kappa shape index (κ2) is 19.0. The summed E-state index contributed by atoms with van der Waals surface area (Å²) in [6, 6.07) is 0. The molecule has 0 heterocycles. The molecule has 0 amide bonds. The van der Waals surface area contributed by atoms with Crippen LogP contribution in [0, 0.1) is 0 Å². The van der Waals surface area contributed by atoms with Gasteiger partial charge in [-0.25, -0.2) is 0 Å². The molecule has 0 unspecified atom stereocenters. The Balaban J connectivity index is 3.17. The molecule has 0 aromatic rings. The van der Waals surface area contributed by atoms with Crippen molar-refractivity contribution < 1.29 is 9.53 Å². The molecule has 23 heavy (non-hydrogen) atoms. The Labute approximate surface area is 144 Å². The van der Waals surface area contributed by atoms with Crippen molar-refractivity contribution in [1.82, 2.24) is 0 Å². The van der Waals surface area contributed by atoms with E-state index in [4.69, 9.17) is 0 Å². The smallest absolute Gasteiger partial charge is 0.305 e. The summed E-state index contributed by atoms with van der Waals surface area (Å²) >= 11 is 0. The molecule has 134 valence electrons. The van der Waals surface area contributed by atoms with Gasteiger partial charge in [0.05, 0.1) is 7.11 Å². The summed E-state index contributed by atoms with van der Waals surface area (Å²) in [6.07, 6.45) is 26.0. The fourth-order valence-electron chi connectivity index (χ4n) is 2.54. The molecule has 2 nitrogen and oxygen atoms in total. The van der Waals surface area contributed by atoms with Gasteiger partial charge in [-0.2, -0.15) is 0 Å². The fraction of sp³-hybridized carbons (Fsp3) is 0.762. The highest BCUT2D eigenvalue weighted by molar-refractivity contribution is 5.68. The first-order chi connectivity index (χ1) is 11.3. The Bertz CT molecular complexity index is 305. The molecule has 0 radical (unpaired) electrons. The van der Waals surface area contributed by atoms with Gasteiger partial charge < -0.3 is 4.74 Å². The molecule has 0 N–H and O–H groups in total. The molecule has 0 atom stereocenters. The summed E-state index contributed by atoms with van der Waals surface area (Å²) in [4.78, 5) is 10.9. The average molecular weight is 323 g/mol. The van der Waals surface area contributed by atoms with Gasteiger partial charge in [0.1, 0.15) is 0 Å². The van der Waals surface area contributed by atoms with Crippen LogP contribution in [0.15, 0.2) is 24.3 Å². The number of hydrogen-bond acceptors (Lipinski definition) is 2. The SMILES string of the molecule is CCCCC/C=C\C/C=C\CCCCCCCCCC(=O)OC. The van der Waals surface area contributed by atoms with Gasteiger partial charge in [-0.1, -0.05) is 76.2 Å². The van der Waals surface area contributed by atoms with E-state index in [0.717, 1.165) is 19.3 Å². The number of allylic oxidation sites excluding steroid dienone is 4. The minimum atomic E-state index is -0.0763. The summed E-state index contributed by atoms with van der Waals surface area (Å²) in [7, 11) is 1.46. The number of rotatable bonds is 16. The molecule has 0 aromatic carbocycles. The summed E-state index contributed by atoms with van der Waals surface area (Å²) in [5.41, 5.74) is 0. The molecule has 0 aliphatic rings. The number of ether oxygens (including phenoxy) is 1. The maximum Gasteiger partial charge on any atom is 0.305 e. The zero-order chi connectivity index (χ0) is 17.0. The monoisotopic (exact) mass is 322 g/mol. The van der Waals surface area contributed by atoms with Crippen molar-refractivity contribution in [3.8, 4) is 0 Å². The van der Waals surface area contributed by atoms with E-state index in [2.05, 4.69) is 36.0 Å². The number of esters is 1. The van der Waals surface area contributed by atoms with E-state index >= 15 is 0 Å². The fourth-order valence-corrected chi connectivity index (χ4v) is 2.54. The normalized spacial score (nSPS) is 11.6. The van der Waals surface area contributed by atoms with Gasteiger partial charge in [0, 0.05) is 6.42 Å². The molecule has 0 aromatic heterocycles. The van der Waals surface area contributed by atoms with Crippen LogP contribution in [0.2, 0.25) is 0 Å². The van der Waals surface area contributed by atoms with Crippen LogP contribution < -0.4 is 0 Å². The summed E-state index contributed by atoms with van der Waals surface area (Å²) in [6.45, 7) is 2.25. The predicted octanol–water partition coefficient (Wildman–Crippen LogP) is 6.75. The lowest BCUT2D eigenvalue weighted by atomic mass is 10.1. The number of methoxy groups -OCH3 is 1. The van der Waals surface area contributed by atoms with Gasteiger partial charge >= 0.3 is 5.97 Å². The van der Waals surface area contributed by atoms with E-state index in [9.17, 15) is 4.79 Å². The second-order valence-corrected chi connectivity index (χ2v) is 6.26. The second-order valence-electron chi connectivity index (χ2n) is 6.26. The van der Waals surface area contributed by atoms with E-state index in [-0.39, 0.29) is 5.97 Å². The summed E-state index contributed by atoms with van der Waals surface area (Å²) in [5.74, 6) is -0.0763. The lowest BCUT2D eigenvalue weighted by Crippen LogP contribution is -1.99. The Morgan fingerprint density at radius 3 is 1.83 bits per heavy atom. The van der Waals surface area contributed by atoms with Crippen LogP contribution in [0.5, 0.6) is 0 Å². The van der Waals surface area contributed by atoms with Crippen molar-refractivity contribution in [3.05, 3.63) is 24.3 Å². The van der Waals surface area contributed by atoms with Crippen molar-refractivity contribution in [3.63, 3.8) is 0 Å². The summed E-state index contributed by atoms with van der Waals surface area (Å²) in [5, 5.41) is 0. The van der Waals surface area contributed by atoms with Crippen LogP contribution in [0.3, 0.4) is 0 Å². The lowest BCUT2D eigenvalue weighted by molar-refractivity contribution is -0.140. The maximum atomic E-state index is 10.9. The van der Waals surface area contributed by atoms with Crippen LogP contribution in [0.25, 0.3) is 0 Å². The number of carbonyl (C=O) groups excluding carboxylic acids is 1. The van der Waals surface area contributed by atoms with E-state index in [1.165, 1.54) is 71.3 Å². The molecule has 0 saturated heterocycles. The highest BCUT2D eigenvalue weighted by Gasteiger charge is 1.98. The highest BCUT2D eigenvalue weighted by Crippen LogP contribution is 2.10. The molecular weight excluding hydrogens is 284 g/mol. The topological polar surface area (TPSA) is 26.3 Å². The van der Waals surface area contributed by atoms with Crippen molar-refractivity contribution in [2.45, 2.75) is 96.8 Å². The van der Waals surface area contributed by atoms with Gasteiger partial charge in [0.2, 0.25) is 0 Å². The van der Waals surface area contributed by atoms with Crippen molar-refractivity contribution in [2.24, 2.45) is 0 Å². The van der Waals surface area contributed by atoms with Gasteiger partial charge in [-0.05, 0) is 38.5 Å². The van der Waals surface area contributed by atoms with Crippen molar-refractivity contribution >= 4 is 5.97 Å². The zero-order valence-electron chi connectivity index (χ0n) is 15.5. The Hall–Kier alpha value is -1.05. The van der Waals surface area contributed by atoms with Gasteiger partial charge in [0.25, 0.3) is 0 Å². The predicted molar refractivity (Wildman–Crippen MR) is 101 cm³/mol. The van der Waals surface area contributed by atoms with Crippen molar-refractivity contribution in [2.75, 3.05) is 7.11 Å². The number of carbonyl (C=O) groups is 1. The molecule has 0 rings (SSSR count). The third-order valence-electron chi connectivity index (χ3n) is 4.06. The first kappa shape index (κ1) is 21.9. The van der Waals surface area contributed by atoms with Crippen LogP contribution in [-0.4, -0.2) is 13.1 Å². The Morgan fingerprint density at radius 1 is 0.739 bits per heavy atom. The molecule has 0 aliphatic carbocycles. The van der Waals surface area contributed by atoms with Crippen LogP contribution >= 0.6 is 0 Å². The quantitative estimate of drug-likeness (QED) is 0.178. The third kappa shape index (κ3) is 18.9. The minimum Gasteiger partial charge on any atom is -0.469 e. The molecule has 0 bridgehead atoms. The van der Waals surface area contributed by atoms with Crippen LogP contribution in [-0.2, 0) is 9.53 Å². The highest BCUT2D eigenvalue weighted by atomic mass is 16.5. The molecule has 0 spiro atoms. The Morgan fingerprint density at radius 2 is 1.26 bits per heavy atom. The molecule has 2 heteroatoms. The first-order valence-corrected chi connectivity index (χ1v) is 9.68. The largest absolute Gasteiger partial charge is 0.469 e.